The number of ether oxygens (including phenoxy) is 3. The van der Waals surface area contributed by atoms with Gasteiger partial charge in [0, 0.05) is 0 Å². The van der Waals surface area contributed by atoms with Crippen LogP contribution < -0.4 is 0 Å². The fourth-order valence-electron chi connectivity index (χ4n) is 1.34. The molecule has 1 saturated heterocycles. The van der Waals surface area contributed by atoms with Crippen LogP contribution in [0.4, 0.5) is 0 Å². The first-order valence-electron chi connectivity index (χ1n) is 4.62. The molecule has 0 aromatic rings. The monoisotopic (exact) mass is 218 g/mol. The van der Waals surface area contributed by atoms with Crippen molar-refractivity contribution >= 4 is 11.9 Å². The smallest absolute Gasteiger partial charge is 0.338 e. The SMILES string of the molecule is CCOC(=O)[C@@H]1OC(C)(C)O[C@H]1C(=O)O. The lowest BCUT2D eigenvalue weighted by Gasteiger charge is -2.15. The number of hydrogen-bond donors (Lipinski definition) is 1. The fraction of sp³-hybridized carbons (Fsp3) is 0.778. The van der Waals surface area contributed by atoms with E-state index in [0.717, 1.165) is 0 Å². The Morgan fingerprint density at radius 3 is 2.33 bits per heavy atom. The zero-order chi connectivity index (χ0) is 11.6. The van der Waals surface area contributed by atoms with E-state index in [0.29, 0.717) is 0 Å². The lowest BCUT2D eigenvalue weighted by molar-refractivity contribution is -0.171. The summed E-state index contributed by atoms with van der Waals surface area (Å²) >= 11 is 0. The number of aliphatic carboxylic acids is 1. The number of rotatable bonds is 3. The minimum atomic E-state index is -1.31. The molecule has 1 aliphatic heterocycles. The minimum Gasteiger partial charge on any atom is -0.479 e. The van der Waals surface area contributed by atoms with Crippen molar-refractivity contribution in [2.45, 2.75) is 38.8 Å². The van der Waals surface area contributed by atoms with Gasteiger partial charge >= 0.3 is 11.9 Å². The van der Waals surface area contributed by atoms with Crippen LogP contribution in [0.1, 0.15) is 20.8 Å². The molecule has 1 rings (SSSR count). The summed E-state index contributed by atoms with van der Waals surface area (Å²) in [5.41, 5.74) is 0. The predicted molar refractivity (Wildman–Crippen MR) is 48.1 cm³/mol. The average molecular weight is 218 g/mol. The van der Waals surface area contributed by atoms with Crippen molar-refractivity contribution in [3.05, 3.63) is 0 Å². The second-order valence-corrected chi connectivity index (χ2v) is 3.57. The molecule has 0 aliphatic carbocycles. The van der Waals surface area contributed by atoms with E-state index in [9.17, 15) is 9.59 Å². The zero-order valence-corrected chi connectivity index (χ0v) is 8.85. The first kappa shape index (κ1) is 11.9. The van der Waals surface area contributed by atoms with Gasteiger partial charge in [-0.15, -0.1) is 0 Å². The number of carbonyl (C=O) groups is 2. The molecule has 2 atom stereocenters. The van der Waals surface area contributed by atoms with Crippen molar-refractivity contribution < 1.29 is 28.9 Å². The van der Waals surface area contributed by atoms with Crippen LogP contribution in [-0.2, 0) is 23.8 Å². The zero-order valence-electron chi connectivity index (χ0n) is 8.85. The van der Waals surface area contributed by atoms with Crippen LogP contribution in [0.5, 0.6) is 0 Å². The molecule has 0 radical (unpaired) electrons. The topological polar surface area (TPSA) is 82.1 Å². The summed E-state index contributed by atoms with van der Waals surface area (Å²) in [6.07, 6.45) is -2.50. The lowest BCUT2D eigenvalue weighted by Crippen LogP contribution is -2.38. The number of carbonyl (C=O) groups excluding carboxylic acids is 1. The van der Waals surface area contributed by atoms with Crippen molar-refractivity contribution in [2.75, 3.05) is 6.61 Å². The Morgan fingerprint density at radius 1 is 1.33 bits per heavy atom. The van der Waals surface area contributed by atoms with Gasteiger partial charge in [0.25, 0.3) is 0 Å². The Morgan fingerprint density at radius 2 is 1.87 bits per heavy atom. The van der Waals surface area contributed by atoms with Crippen LogP contribution in [-0.4, -0.2) is 41.6 Å². The van der Waals surface area contributed by atoms with Crippen LogP contribution in [0, 0.1) is 0 Å². The molecule has 6 heteroatoms. The second kappa shape index (κ2) is 4.16. The molecule has 1 N–H and O–H groups in total. The Kier molecular flexibility index (Phi) is 3.31. The highest BCUT2D eigenvalue weighted by atomic mass is 16.8. The Balaban J connectivity index is 2.77. The van der Waals surface area contributed by atoms with E-state index in [4.69, 9.17) is 19.3 Å². The van der Waals surface area contributed by atoms with E-state index in [1.165, 1.54) is 0 Å². The first-order valence-corrected chi connectivity index (χ1v) is 4.62. The second-order valence-electron chi connectivity index (χ2n) is 3.57. The highest BCUT2D eigenvalue weighted by molar-refractivity contribution is 5.85. The van der Waals surface area contributed by atoms with E-state index in [1.54, 1.807) is 20.8 Å². The van der Waals surface area contributed by atoms with Crippen LogP contribution in [0.2, 0.25) is 0 Å². The van der Waals surface area contributed by atoms with Crippen molar-refractivity contribution in [3.63, 3.8) is 0 Å². The maximum atomic E-state index is 11.4. The molecule has 1 aliphatic rings. The van der Waals surface area contributed by atoms with E-state index >= 15 is 0 Å². The summed E-state index contributed by atoms with van der Waals surface area (Å²) in [6, 6.07) is 0. The standard InChI is InChI=1S/C9H14O6/c1-4-13-8(12)6-5(7(10)11)14-9(2,3)15-6/h5-6H,4H2,1-3H3,(H,10,11)/t5-,6-/m1/s1. The van der Waals surface area contributed by atoms with Crippen LogP contribution >= 0.6 is 0 Å². The molecule has 0 aromatic carbocycles. The third-order valence-corrected chi connectivity index (χ3v) is 1.86. The fourth-order valence-corrected chi connectivity index (χ4v) is 1.34. The number of esters is 1. The number of carboxylic acid groups (broad SMARTS) is 1. The van der Waals surface area contributed by atoms with Gasteiger partial charge in [0.05, 0.1) is 6.61 Å². The van der Waals surface area contributed by atoms with Gasteiger partial charge in [-0.2, -0.15) is 0 Å². The highest BCUT2D eigenvalue weighted by Gasteiger charge is 2.49. The van der Waals surface area contributed by atoms with E-state index in [2.05, 4.69) is 0 Å². The summed E-state index contributed by atoms with van der Waals surface area (Å²) in [6.45, 7) is 4.89. The lowest BCUT2D eigenvalue weighted by atomic mass is 10.2. The molecule has 1 fully saturated rings. The third-order valence-electron chi connectivity index (χ3n) is 1.86. The molecule has 6 nitrogen and oxygen atoms in total. The molecule has 15 heavy (non-hydrogen) atoms. The van der Waals surface area contributed by atoms with Crippen molar-refractivity contribution in [3.8, 4) is 0 Å². The van der Waals surface area contributed by atoms with Gasteiger partial charge in [0.2, 0.25) is 0 Å². The van der Waals surface area contributed by atoms with Gasteiger partial charge < -0.3 is 19.3 Å². The van der Waals surface area contributed by atoms with Gasteiger partial charge in [-0.3, -0.25) is 0 Å². The van der Waals surface area contributed by atoms with E-state index < -0.39 is 29.9 Å². The Bertz CT molecular complexity index is 272. The van der Waals surface area contributed by atoms with Crippen molar-refractivity contribution in [1.29, 1.82) is 0 Å². The molecule has 0 saturated carbocycles. The summed E-state index contributed by atoms with van der Waals surface area (Å²) in [5.74, 6) is -3.03. The molecule has 86 valence electrons. The predicted octanol–water partition coefficient (Wildman–Crippen LogP) is 0.154. The molecule has 0 aromatic heterocycles. The van der Waals surface area contributed by atoms with Crippen LogP contribution in [0.15, 0.2) is 0 Å². The van der Waals surface area contributed by atoms with Crippen molar-refractivity contribution in [1.82, 2.24) is 0 Å². The van der Waals surface area contributed by atoms with Gasteiger partial charge in [-0.05, 0) is 20.8 Å². The maximum absolute atomic E-state index is 11.4. The summed E-state index contributed by atoms with van der Waals surface area (Å²) in [4.78, 5) is 22.2. The molecule has 1 heterocycles. The third kappa shape index (κ3) is 2.66. The largest absolute Gasteiger partial charge is 0.479 e. The van der Waals surface area contributed by atoms with Crippen molar-refractivity contribution in [2.24, 2.45) is 0 Å². The maximum Gasteiger partial charge on any atom is 0.338 e. The Hall–Kier alpha value is -1.14. The number of hydrogen-bond acceptors (Lipinski definition) is 5. The summed E-state index contributed by atoms with van der Waals surface area (Å²) in [5, 5.41) is 8.82. The molecular weight excluding hydrogens is 204 g/mol. The number of carboxylic acids is 1. The van der Waals surface area contributed by atoms with Gasteiger partial charge in [0.1, 0.15) is 0 Å². The summed E-state index contributed by atoms with van der Waals surface area (Å²) < 4.78 is 14.9. The normalized spacial score (nSPS) is 28.7. The molecule has 0 spiro atoms. The molecule has 0 unspecified atom stereocenters. The van der Waals surface area contributed by atoms with Gasteiger partial charge in [-0.1, -0.05) is 0 Å². The minimum absolute atomic E-state index is 0.172. The van der Waals surface area contributed by atoms with Gasteiger partial charge in [-0.25, -0.2) is 9.59 Å². The summed E-state index contributed by atoms with van der Waals surface area (Å²) in [7, 11) is 0. The van der Waals surface area contributed by atoms with Gasteiger partial charge in [0.15, 0.2) is 18.0 Å². The molecule has 0 amide bonds. The quantitative estimate of drug-likeness (QED) is 0.679. The van der Waals surface area contributed by atoms with Crippen LogP contribution in [0.25, 0.3) is 0 Å². The van der Waals surface area contributed by atoms with E-state index in [1.807, 2.05) is 0 Å². The Labute approximate surface area is 87.1 Å². The average Bonchev–Trinajstić information content (AvgIpc) is 2.42. The molecule has 0 bridgehead atoms. The van der Waals surface area contributed by atoms with E-state index in [-0.39, 0.29) is 6.61 Å². The molecular formula is C9H14O6. The first-order chi connectivity index (χ1) is 6.87. The van der Waals surface area contributed by atoms with Crippen LogP contribution in [0.3, 0.4) is 0 Å². The highest BCUT2D eigenvalue weighted by Crippen LogP contribution is 2.28.